The van der Waals surface area contributed by atoms with Gasteiger partial charge in [-0.2, -0.15) is 0 Å². The van der Waals surface area contributed by atoms with Crippen molar-refractivity contribution in [2.24, 2.45) is 7.05 Å². The van der Waals surface area contributed by atoms with E-state index in [-0.39, 0.29) is 17.0 Å². The normalized spacial score (nSPS) is 12.2. The number of carbonyl (C=O) groups is 1. The molecule has 3 aromatic heterocycles. The molecule has 1 amide bonds. The molecule has 0 bridgehead atoms. The highest BCUT2D eigenvalue weighted by Gasteiger charge is 2.17. The average molecular weight is 408 g/mol. The predicted molar refractivity (Wildman–Crippen MR) is 110 cm³/mol. The molecule has 0 radical (unpaired) electrons. The fraction of sp³-hybridized carbons (Fsp3) is 0.250. The van der Waals surface area contributed by atoms with Gasteiger partial charge in [-0.3, -0.25) is 14.0 Å². The van der Waals surface area contributed by atoms with Gasteiger partial charge in [0, 0.05) is 43.2 Å². The highest BCUT2D eigenvalue weighted by molar-refractivity contribution is 7.17. The van der Waals surface area contributed by atoms with Gasteiger partial charge in [-0.25, -0.2) is 4.98 Å². The van der Waals surface area contributed by atoms with E-state index in [0.29, 0.717) is 17.9 Å². The third-order valence-electron chi connectivity index (χ3n) is 4.68. The van der Waals surface area contributed by atoms with Crippen molar-refractivity contribution in [3.63, 3.8) is 0 Å². The molecule has 29 heavy (non-hydrogen) atoms. The molecule has 4 aromatic rings. The van der Waals surface area contributed by atoms with Crippen molar-refractivity contribution in [2.75, 3.05) is 6.54 Å². The Morgan fingerprint density at radius 2 is 2.07 bits per heavy atom. The van der Waals surface area contributed by atoms with Crippen molar-refractivity contribution in [1.82, 2.24) is 29.5 Å². The van der Waals surface area contributed by atoms with E-state index in [9.17, 15) is 9.59 Å². The molecule has 0 aliphatic rings. The first-order valence-electron chi connectivity index (χ1n) is 9.19. The van der Waals surface area contributed by atoms with Crippen LogP contribution >= 0.6 is 11.3 Å². The summed E-state index contributed by atoms with van der Waals surface area (Å²) in [6.07, 6.45) is 5.44. The first kappa shape index (κ1) is 19.0. The number of benzene rings is 1. The van der Waals surface area contributed by atoms with Crippen molar-refractivity contribution in [2.45, 2.75) is 19.3 Å². The lowest BCUT2D eigenvalue weighted by molar-refractivity contribution is 0.0949. The summed E-state index contributed by atoms with van der Waals surface area (Å²) >= 11 is 1.45. The first-order chi connectivity index (χ1) is 14.0. The second-order valence-electron chi connectivity index (χ2n) is 6.90. The van der Waals surface area contributed by atoms with Gasteiger partial charge in [0.25, 0.3) is 11.5 Å². The van der Waals surface area contributed by atoms with E-state index in [1.807, 2.05) is 44.3 Å². The summed E-state index contributed by atoms with van der Waals surface area (Å²) in [6.45, 7) is 2.28. The molecule has 0 spiro atoms. The Hall–Kier alpha value is -3.33. The molecule has 0 saturated heterocycles. The summed E-state index contributed by atoms with van der Waals surface area (Å²) in [5, 5.41) is 10.7. The number of nitrogens with zero attached hydrogens (tertiary/aromatic N) is 5. The maximum absolute atomic E-state index is 12.8. The minimum absolute atomic E-state index is 0.0247. The fourth-order valence-corrected chi connectivity index (χ4v) is 4.11. The van der Waals surface area contributed by atoms with Gasteiger partial charge in [0.1, 0.15) is 17.7 Å². The largest absolute Gasteiger partial charge is 0.351 e. The van der Waals surface area contributed by atoms with Crippen LogP contribution < -0.4 is 10.9 Å². The van der Waals surface area contributed by atoms with Crippen LogP contribution in [0.15, 0.2) is 53.8 Å². The topological polar surface area (TPSA) is 94.2 Å². The zero-order chi connectivity index (χ0) is 20.4. The summed E-state index contributed by atoms with van der Waals surface area (Å²) in [5.74, 6) is 0.283. The van der Waals surface area contributed by atoms with Crippen LogP contribution in [0.4, 0.5) is 0 Å². The van der Waals surface area contributed by atoms with Crippen molar-refractivity contribution in [1.29, 1.82) is 0 Å². The number of hydrogen-bond donors (Lipinski definition) is 1. The molecular weight excluding hydrogens is 388 g/mol. The summed E-state index contributed by atoms with van der Waals surface area (Å²) in [7, 11) is 1.85. The highest BCUT2D eigenvalue weighted by Crippen LogP contribution is 2.18. The predicted octanol–water partition coefficient (Wildman–Crippen LogP) is 2.01. The lowest BCUT2D eigenvalue weighted by atomic mass is 10.1. The number of fused-ring (bicyclic) bond motifs is 1. The molecule has 1 unspecified atom stereocenters. The highest BCUT2D eigenvalue weighted by atomic mass is 32.1. The van der Waals surface area contributed by atoms with Gasteiger partial charge in [0.15, 0.2) is 4.96 Å². The van der Waals surface area contributed by atoms with Gasteiger partial charge in [0.05, 0.1) is 0 Å². The molecule has 3 heterocycles. The van der Waals surface area contributed by atoms with Gasteiger partial charge < -0.3 is 9.88 Å². The lowest BCUT2D eigenvalue weighted by Crippen LogP contribution is -2.33. The molecule has 0 fully saturated rings. The summed E-state index contributed by atoms with van der Waals surface area (Å²) in [5.41, 5.74) is 0.814. The smallest absolute Gasteiger partial charge is 0.271 e. The molecular formula is C20H20N6O2S. The van der Waals surface area contributed by atoms with Crippen molar-refractivity contribution >= 4 is 22.2 Å². The number of nitrogens with one attached hydrogen (secondary N) is 1. The fourth-order valence-electron chi connectivity index (χ4n) is 3.14. The van der Waals surface area contributed by atoms with E-state index in [0.717, 1.165) is 16.3 Å². The Balaban J connectivity index is 1.51. The number of aromatic nitrogens is 5. The number of amides is 1. The van der Waals surface area contributed by atoms with Gasteiger partial charge in [-0.15, -0.1) is 21.5 Å². The molecule has 148 valence electrons. The van der Waals surface area contributed by atoms with Crippen LogP contribution in [0.2, 0.25) is 0 Å². The van der Waals surface area contributed by atoms with Gasteiger partial charge >= 0.3 is 0 Å². The third kappa shape index (κ3) is 3.95. The second kappa shape index (κ2) is 7.96. The van der Waals surface area contributed by atoms with Crippen LogP contribution in [0.3, 0.4) is 0 Å². The number of carbonyl (C=O) groups excluding carboxylic acids is 1. The molecule has 9 heteroatoms. The number of rotatable bonds is 6. The van der Waals surface area contributed by atoms with Crippen LogP contribution in [0.1, 0.15) is 39.5 Å². The number of hydrogen-bond acceptors (Lipinski definition) is 6. The van der Waals surface area contributed by atoms with Crippen molar-refractivity contribution in [3.05, 3.63) is 81.2 Å². The van der Waals surface area contributed by atoms with E-state index in [1.54, 1.807) is 17.1 Å². The van der Waals surface area contributed by atoms with Crippen LogP contribution in [0.5, 0.6) is 0 Å². The lowest BCUT2D eigenvalue weighted by Gasteiger charge is -2.11. The summed E-state index contributed by atoms with van der Waals surface area (Å²) in [6, 6.07) is 10.0. The number of aryl methyl sites for hydroxylation is 1. The molecule has 1 atom stereocenters. The minimum atomic E-state index is -0.443. The SMILES string of the molecule is CC(CNC(=O)c1cnc2sc(Cc3ccccc3)cn2c1=O)c1nncn1C. The first-order valence-corrected chi connectivity index (χ1v) is 10.0. The number of thiazole rings is 1. The molecule has 1 N–H and O–H groups in total. The zero-order valence-electron chi connectivity index (χ0n) is 16.1. The molecule has 1 aromatic carbocycles. The summed E-state index contributed by atoms with van der Waals surface area (Å²) < 4.78 is 3.25. The Labute approximate surface area is 170 Å². The van der Waals surface area contributed by atoms with Gasteiger partial charge in [-0.1, -0.05) is 37.3 Å². The standard InChI is InChI=1S/C20H20N6O2S/c1-13(17-24-23-12-25(17)2)9-21-18(27)16-10-22-20-26(19(16)28)11-15(29-20)8-14-6-4-3-5-7-14/h3-7,10-13H,8-9H2,1-2H3,(H,21,27). The monoisotopic (exact) mass is 408 g/mol. The zero-order valence-corrected chi connectivity index (χ0v) is 16.9. The Morgan fingerprint density at radius 3 is 2.79 bits per heavy atom. The Bertz CT molecular complexity index is 1210. The average Bonchev–Trinajstić information content (AvgIpc) is 3.33. The quantitative estimate of drug-likeness (QED) is 0.527. The van der Waals surface area contributed by atoms with E-state index < -0.39 is 5.91 Å². The molecule has 0 saturated carbocycles. The van der Waals surface area contributed by atoms with Gasteiger partial charge in [0.2, 0.25) is 0 Å². The van der Waals surface area contributed by atoms with Crippen LogP contribution in [-0.2, 0) is 13.5 Å². The van der Waals surface area contributed by atoms with Crippen molar-refractivity contribution in [3.8, 4) is 0 Å². The molecule has 0 aliphatic heterocycles. The van der Waals surface area contributed by atoms with Crippen LogP contribution in [0.25, 0.3) is 4.96 Å². The molecule has 8 nitrogen and oxygen atoms in total. The summed E-state index contributed by atoms with van der Waals surface area (Å²) in [4.78, 5) is 31.3. The molecule has 0 aliphatic carbocycles. The van der Waals surface area contributed by atoms with Crippen molar-refractivity contribution < 1.29 is 4.79 Å². The third-order valence-corrected chi connectivity index (χ3v) is 5.67. The van der Waals surface area contributed by atoms with E-state index in [1.165, 1.54) is 21.9 Å². The Kier molecular flexibility index (Phi) is 5.22. The van der Waals surface area contributed by atoms with Gasteiger partial charge in [-0.05, 0) is 5.56 Å². The molecule has 4 rings (SSSR count). The van der Waals surface area contributed by atoms with Crippen LogP contribution in [-0.4, -0.2) is 36.6 Å². The second-order valence-corrected chi connectivity index (χ2v) is 7.99. The maximum atomic E-state index is 12.8. The van der Waals surface area contributed by atoms with E-state index >= 15 is 0 Å². The Morgan fingerprint density at radius 1 is 1.28 bits per heavy atom. The maximum Gasteiger partial charge on any atom is 0.271 e. The van der Waals surface area contributed by atoms with Crippen LogP contribution in [0, 0.1) is 0 Å². The van der Waals surface area contributed by atoms with E-state index in [2.05, 4.69) is 20.5 Å². The minimum Gasteiger partial charge on any atom is -0.351 e. The van der Waals surface area contributed by atoms with E-state index in [4.69, 9.17) is 0 Å².